The zero-order chi connectivity index (χ0) is 18.8. The van der Waals surface area contributed by atoms with Crippen LogP contribution < -0.4 is 10.6 Å². The average Bonchev–Trinajstić information content (AvgIpc) is 3.09. The van der Waals surface area contributed by atoms with Crippen LogP contribution >= 0.6 is 23.1 Å². The molecule has 0 aromatic carbocycles. The largest absolute Gasteiger partial charge is 0.477 e. The molecule has 0 radical (unpaired) electrons. The molecule has 0 bridgehead atoms. The summed E-state index contributed by atoms with van der Waals surface area (Å²) in [7, 11) is 0. The highest BCUT2D eigenvalue weighted by molar-refractivity contribution is 8.00. The molecule has 2 aliphatic heterocycles. The molecule has 2 aliphatic rings. The highest BCUT2D eigenvalue weighted by Crippen LogP contribution is 2.40. The predicted molar refractivity (Wildman–Crippen MR) is 96.4 cm³/mol. The Morgan fingerprint density at radius 3 is 2.77 bits per heavy atom. The van der Waals surface area contributed by atoms with Crippen molar-refractivity contribution in [2.75, 3.05) is 12.3 Å². The first kappa shape index (κ1) is 18.5. The van der Waals surface area contributed by atoms with Gasteiger partial charge in [0, 0.05) is 24.1 Å². The zero-order valence-corrected chi connectivity index (χ0v) is 15.5. The second-order valence-corrected chi connectivity index (χ2v) is 8.02. The smallest absolute Gasteiger partial charge is 0.352 e. The third kappa shape index (κ3) is 3.61. The number of rotatable bonds is 6. The summed E-state index contributed by atoms with van der Waals surface area (Å²) in [5, 5.41) is 16.2. The van der Waals surface area contributed by atoms with Crippen LogP contribution in [-0.2, 0) is 25.6 Å². The first-order chi connectivity index (χ1) is 12.4. The Morgan fingerprint density at radius 1 is 1.38 bits per heavy atom. The van der Waals surface area contributed by atoms with Crippen molar-refractivity contribution in [2.45, 2.75) is 24.8 Å². The van der Waals surface area contributed by atoms with Gasteiger partial charge in [-0.3, -0.25) is 19.3 Å². The number of carbonyl (C=O) groups excluding carboxylic acids is 3. The number of nitrogens with zero attached hydrogens (tertiary/aromatic N) is 1. The van der Waals surface area contributed by atoms with Gasteiger partial charge in [0.2, 0.25) is 11.8 Å². The third-order valence-corrected chi connectivity index (χ3v) is 6.25. The SMILES string of the molecule is CC(=O)NCC1=C(C(=O)O)N2C(=O)C(NC(=O)Cc3cccs3)[C@H]2SC1. The van der Waals surface area contributed by atoms with Crippen molar-refractivity contribution in [3.05, 3.63) is 33.7 Å². The molecule has 0 saturated carbocycles. The Morgan fingerprint density at radius 2 is 2.15 bits per heavy atom. The molecule has 1 aromatic rings. The van der Waals surface area contributed by atoms with E-state index in [1.165, 1.54) is 34.9 Å². The standard InChI is InChI=1S/C16H17N3O5S2/c1-8(20)17-6-9-7-26-15-12(14(22)19(15)13(9)16(23)24)18-11(21)5-10-3-2-4-25-10/h2-4,12,15H,5-7H2,1H3,(H,17,20)(H,18,21)(H,23,24)/t12?,15-/m1/s1. The van der Waals surface area contributed by atoms with E-state index in [0.717, 1.165) is 4.88 Å². The number of carboxylic acid groups (broad SMARTS) is 1. The summed E-state index contributed by atoms with van der Waals surface area (Å²) in [6.07, 6.45) is 0.189. The van der Waals surface area contributed by atoms with Gasteiger partial charge in [-0.1, -0.05) is 6.07 Å². The Balaban J connectivity index is 1.69. The van der Waals surface area contributed by atoms with E-state index in [2.05, 4.69) is 10.6 Å². The van der Waals surface area contributed by atoms with Crippen LogP contribution in [0.5, 0.6) is 0 Å². The lowest BCUT2D eigenvalue weighted by Crippen LogP contribution is -2.70. The van der Waals surface area contributed by atoms with Crippen molar-refractivity contribution in [1.82, 2.24) is 15.5 Å². The maximum Gasteiger partial charge on any atom is 0.352 e. The molecule has 26 heavy (non-hydrogen) atoms. The van der Waals surface area contributed by atoms with E-state index >= 15 is 0 Å². The van der Waals surface area contributed by atoms with Crippen LogP contribution in [0.15, 0.2) is 28.8 Å². The van der Waals surface area contributed by atoms with E-state index in [9.17, 15) is 24.3 Å². The molecule has 1 unspecified atom stereocenters. The van der Waals surface area contributed by atoms with Crippen molar-refractivity contribution >= 4 is 46.8 Å². The number of carbonyl (C=O) groups is 4. The van der Waals surface area contributed by atoms with Crippen LogP contribution in [0.25, 0.3) is 0 Å². The van der Waals surface area contributed by atoms with Gasteiger partial charge < -0.3 is 15.7 Å². The van der Waals surface area contributed by atoms with E-state index in [1.807, 2.05) is 17.5 Å². The monoisotopic (exact) mass is 395 g/mol. The summed E-state index contributed by atoms with van der Waals surface area (Å²) in [6, 6.07) is 2.96. The van der Waals surface area contributed by atoms with Crippen molar-refractivity contribution in [1.29, 1.82) is 0 Å². The lowest BCUT2D eigenvalue weighted by molar-refractivity contribution is -0.150. The van der Waals surface area contributed by atoms with E-state index in [4.69, 9.17) is 0 Å². The fourth-order valence-electron chi connectivity index (χ4n) is 2.85. The van der Waals surface area contributed by atoms with E-state index in [-0.39, 0.29) is 30.5 Å². The van der Waals surface area contributed by atoms with Gasteiger partial charge in [-0.15, -0.1) is 23.1 Å². The van der Waals surface area contributed by atoms with Crippen LogP contribution in [0.2, 0.25) is 0 Å². The molecule has 0 spiro atoms. The fraction of sp³-hybridized carbons (Fsp3) is 0.375. The molecule has 138 valence electrons. The van der Waals surface area contributed by atoms with E-state index < -0.39 is 23.3 Å². The molecule has 1 saturated heterocycles. The number of hydrogen-bond donors (Lipinski definition) is 3. The van der Waals surface area contributed by atoms with Crippen LogP contribution in [0.1, 0.15) is 11.8 Å². The molecular formula is C16H17N3O5S2. The number of aliphatic carboxylic acids is 1. The number of β-lactam (4-membered cyclic amide) rings is 1. The maximum atomic E-state index is 12.4. The molecule has 3 heterocycles. The molecule has 2 atom stereocenters. The number of thiophene rings is 1. The van der Waals surface area contributed by atoms with Crippen LogP contribution in [-0.4, -0.2) is 57.4 Å². The van der Waals surface area contributed by atoms with Crippen LogP contribution in [0, 0.1) is 0 Å². The topological polar surface area (TPSA) is 116 Å². The second kappa shape index (κ2) is 7.50. The number of fused-ring (bicyclic) bond motifs is 1. The summed E-state index contributed by atoms with van der Waals surface area (Å²) in [5.74, 6) is -1.83. The molecule has 10 heteroatoms. The van der Waals surface area contributed by atoms with E-state index in [1.54, 1.807) is 0 Å². The summed E-state index contributed by atoms with van der Waals surface area (Å²) in [6.45, 7) is 1.42. The number of carboxylic acids is 1. The van der Waals surface area contributed by atoms with Crippen molar-refractivity contribution < 1.29 is 24.3 Å². The van der Waals surface area contributed by atoms with Gasteiger partial charge in [0.25, 0.3) is 5.91 Å². The second-order valence-electron chi connectivity index (χ2n) is 5.88. The van der Waals surface area contributed by atoms with Crippen LogP contribution in [0.4, 0.5) is 0 Å². The normalized spacial score (nSPS) is 21.7. The first-order valence-corrected chi connectivity index (χ1v) is 9.77. The molecular weight excluding hydrogens is 378 g/mol. The van der Waals surface area contributed by atoms with Gasteiger partial charge in [-0.05, 0) is 17.0 Å². The molecule has 3 amide bonds. The summed E-state index contributed by atoms with van der Waals surface area (Å²) < 4.78 is 0. The van der Waals surface area contributed by atoms with Crippen molar-refractivity contribution in [3.63, 3.8) is 0 Å². The number of amides is 3. The van der Waals surface area contributed by atoms with Crippen molar-refractivity contribution in [2.24, 2.45) is 0 Å². The molecule has 0 aliphatic carbocycles. The Bertz CT molecular complexity index is 790. The number of thioether (sulfide) groups is 1. The number of nitrogens with one attached hydrogen (secondary N) is 2. The van der Waals surface area contributed by atoms with Gasteiger partial charge in [0.05, 0.1) is 6.42 Å². The van der Waals surface area contributed by atoms with Gasteiger partial charge >= 0.3 is 5.97 Å². The fourth-order valence-corrected chi connectivity index (χ4v) is 4.90. The molecule has 8 nitrogen and oxygen atoms in total. The minimum Gasteiger partial charge on any atom is -0.477 e. The lowest BCUT2D eigenvalue weighted by Gasteiger charge is -2.49. The molecule has 3 rings (SSSR count). The Labute approximate surface area is 157 Å². The van der Waals surface area contributed by atoms with Gasteiger partial charge in [0.15, 0.2) is 0 Å². The highest BCUT2D eigenvalue weighted by Gasteiger charge is 2.54. The Hall–Kier alpha value is -2.33. The minimum absolute atomic E-state index is 0.0792. The van der Waals surface area contributed by atoms with Crippen molar-refractivity contribution in [3.8, 4) is 0 Å². The lowest BCUT2D eigenvalue weighted by atomic mass is 10.0. The minimum atomic E-state index is -1.22. The van der Waals surface area contributed by atoms with Gasteiger partial charge in [0.1, 0.15) is 17.1 Å². The van der Waals surface area contributed by atoms with Crippen LogP contribution in [0.3, 0.4) is 0 Å². The Kier molecular flexibility index (Phi) is 5.33. The van der Waals surface area contributed by atoms with Gasteiger partial charge in [-0.2, -0.15) is 0 Å². The zero-order valence-electron chi connectivity index (χ0n) is 13.9. The average molecular weight is 395 g/mol. The highest BCUT2D eigenvalue weighted by atomic mass is 32.2. The summed E-state index contributed by atoms with van der Waals surface area (Å²) >= 11 is 2.84. The number of hydrogen-bond acceptors (Lipinski definition) is 6. The van der Waals surface area contributed by atoms with E-state index in [0.29, 0.717) is 11.3 Å². The third-order valence-electron chi connectivity index (χ3n) is 4.03. The maximum absolute atomic E-state index is 12.4. The first-order valence-electron chi connectivity index (χ1n) is 7.84. The van der Waals surface area contributed by atoms with Gasteiger partial charge in [-0.25, -0.2) is 4.79 Å². The quantitative estimate of drug-likeness (QED) is 0.591. The molecule has 1 aromatic heterocycles. The molecule has 3 N–H and O–H groups in total. The predicted octanol–water partition coefficient (Wildman–Crippen LogP) is 0.165. The molecule has 1 fully saturated rings. The summed E-state index contributed by atoms with van der Waals surface area (Å²) in [5.41, 5.74) is 0.377. The summed E-state index contributed by atoms with van der Waals surface area (Å²) in [4.78, 5) is 49.4.